The SMILES string of the molecule is O=C(CCCS(=O)(=O)O)NC(Cc1cnc[nH]1)C(=O)O. The predicted molar refractivity (Wildman–Crippen MR) is 67.5 cm³/mol. The lowest BCUT2D eigenvalue weighted by atomic mass is 10.1. The minimum absolute atomic E-state index is 0.0410. The van der Waals surface area contributed by atoms with Crippen LogP contribution in [0.5, 0.6) is 0 Å². The van der Waals surface area contributed by atoms with Crippen molar-refractivity contribution in [3.63, 3.8) is 0 Å². The third-order valence-corrected chi connectivity index (χ3v) is 3.22. The highest BCUT2D eigenvalue weighted by atomic mass is 32.2. The molecule has 0 aliphatic carbocycles. The smallest absolute Gasteiger partial charge is 0.326 e. The fourth-order valence-corrected chi connectivity index (χ4v) is 2.01. The van der Waals surface area contributed by atoms with Crippen molar-refractivity contribution in [3.05, 3.63) is 18.2 Å². The molecule has 0 aliphatic rings. The predicted octanol–water partition coefficient (Wildman–Crippen LogP) is -0.810. The minimum Gasteiger partial charge on any atom is -0.480 e. The lowest BCUT2D eigenvalue weighted by molar-refractivity contribution is -0.141. The number of carboxylic acids is 1. The van der Waals surface area contributed by atoms with Crippen LogP contribution in [0.15, 0.2) is 12.5 Å². The fourth-order valence-electron chi connectivity index (χ4n) is 1.50. The van der Waals surface area contributed by atoms with Crippen molar-refractivity contribution in [1.82, 2.24) is 15.3 Å². The average molecular weight is 305 g/mol. The van der Waals surface area contributed by atoms with Crippen molar-refractivity contribution in [3.8, 4) is 0 Å². The molecule has 0 saturated carbocycles. The van der Waals surface area contributed by atoms with E-state index in [1.165, 1.54) is 12.5 Å². The van der Waals surface area contributed by atoms with Crippen molar-refractivity contribution in [1.29, 1.82) is 0 Å². The van der Waals surface area contributed by atoms with Crippen LogP contribution in [0.25, 0.3) is 0 Å². The molecule has 112 valence electrons. The Morgan fingerprint density at radius 2 is 2.15 bits per heavy atom. The van der Waals surface area contributed by atoms with Gasteiger partial charge in [-0.1, -0.05) is 0 Å². The third-order valence-electron chi connectivity index (χ3n) is 2.42. The van der Waals surface area contributed by atoms with Gasteiger partial charge in [-0.15, -0.1) is 0 Å². The molecular formula is C10H15N3O6S. The maximum atomic E-state index is 11.5. The Bertz CT molecular complexity index is 554. The quantitative estimate of drug-likeness (QED) is 0.459. The molecule has 0 bridgehead atoms. The van der Waals surface area contributed by atoms with E-state index < -0.39 is 33.8 Å². The number of rotatable bonds is 8. The molecule has 0 aromatic carbocycles. The number of nitrogens with one attached hydrogen (secondary N) is 2. The summed E-state index contributed by atoms with van der Waals surface area (Å²) in [4.78, 5) is 29.0. The number of H-pyrrole nitrogens is 1. The maximum absolute atomic E-state index is 11.5. The van der Waals surface area contributed by atoms with Crippen molar-refractivity contribution in [2.24, 2.45) is 0 Å². The molecule has 0 saturated heterocycles. The van der Waals surface area contributed by atoms with Gasteiger partial charge in [0.15, 0.2) is 0 Å². The first kappa shape index (κ1) is 16.1. The van der Waals surface area contributed by atoms with E-state index in [-0.39, 0.29) is 19.3 Å². The zero-order chi connectivity index (χ0) is 15.2. The number of nitrogens with zero attached hydrogens (tertiary/aromatic N) is 1. The lowest BCUT2D eigenvalue weighted by Crippen LogP contribution is -2.42. The summed E-state index contributed by atoms with van der Waals surface area (Å²) in [7, 11) is -4.12. The van der Waals surface area contributed by atoms with Crippen LogP contribution in [0.1, 0.15) is 18.5 Å². The van der Waals surface area contributed by atoms with Gasteiger partial charge in [0.2, 0.25) is 5.91 Å². The van der Waals surface area contributed by atoms with Gasteiger partial charge < -0.3 is 15.4 Å². The Morgan fingerprint density at radius 1 is 1.45 bits per heavy atom. The number of carbonyl (C=O) groups excluding carboxylic acids is 1. The van der Waals surface area contributed by atoms with Crippen molar-refractivity contribution < 1.29 is 27.7 Å². The number of aromatic nitrogens is 2. The normalized spacial score (nSPS) is 12.8. The van der Waals surface area contributed by atoms with E-state index in [1.54, 1.807) is 0 Å². The molecule has 1 amide bonds. The summed E-state index contributed by atoms with van der Waals surface area (Å²) >= 11 is 0. The zero-order valence-corrected chi connectivity index (χ0v) is 11.3. The summed E-state index contributed by atoms with van der Waals surface area (Å²) in [6, 6.07) is -1.13. The van der Waals surface area contributed by atoms with Crippen LogP contribution in [0.2, 0.25) is 0 Å². The second-order valence-electron chi connectivity index (χ2n) is 4.13. The lowest BCUT2D eigenvalue weighted by Gasteiger charge is -2.13. The van der Waals surface area contributed by atoms with Crippen LogP contribution in [-0.2, 0) is 26.1 Å². The summed E-state index contributed by atoms with van der Waals surface area (Å²) in [5, 5.41) is 11.3. The molecule has 1 rings (SSSR count). The topological polar surface area (TPSA) is 149 Å². The zero-order valence-electron chi connectivity index (χ0n) is 10.4. The van der Waals surface area contributed by atoms with E-state index in [9.17, 15) is 18.0 Å². The van der Waals surface area contributed by atoms with Gasteiger partial charge in [-0.05, 0) is 6.42 Å². The van der Waals surface area contributed by atoms with Crippen molar-refractivity contribution in [2.45, 2.75) is 25.3 Å². The number of carbonyl (C=O) groups is 2. The third kappa shape index (κ3) is 6.29. The highest BCUT2D eigenvalue weighted by Gasteiger charge is 2.21. The Hall–Kier alpha value is -1.94. The Kier molecular flexibility index (Phi) is 5.65. The molecule has 1 aromatic rings. The van der Waals surface area contributed by atoms with Crippen molar-refractivity contribution in [2.75, 3.05) is 5.75 Å². The summed E-state index contributed by atoms with van der Waals surface area (Å²) in [5.74, 6) is -2.35. The van der Waals surface area contributed by atoms with Crippen molar-refractivity contribution >= 4 is 22.0 Å². The first-order valence-electron chi connectivity index (χ1n) is 5.72. The minimum atomic E-state index is -4.12. The molecule has 9 nitrogen and oxygen atoms in total. The van der Waals surface area contributed by atoms with Gasteiger partial charge in [0.05, 0.1) is 12.1 Å². The molecule has 0 radical (unpaired) electrons. The van der Waals surface area contributed by atoms with Gasteiger partial charge in [0.1, 0.15) is 6.04 Å². The highest BCUT2D eigenvalue weighted by molar-refractivity contribution is 7.85. The molecule has 1 aromatic heterocycles. The number of hydrogen-bond donors (Lipinski definition) is 4. The van der Waals surface area contributed by atoms with Gasteiger partial charge in [-0.3, -0.25) is 9.35 Å². The number of hydrogen-bond acceptors (Lipinski definition) is 5. The van der Waals surface area contributed by atoms with Crippen LogP contribution in [0, 0.1) is 0 Å². The molecule has 10 heteroatoms. The molecule has 1 unspecified atom stereocenters. The number of aromatic amines is 1. The van der Waals surface area contributed by atoms with E-state index in [1.807, 2.05) is 0 Å². The summed E-state index contributed by atoms with van der Waals surface area (Å²) in [6.07, 6.45) is 2.61. The van der Waals surface area contributed by atoms with E-state index in [4.69, 9.17) is 9.66 Å². The number of imidazole rings is 1. The van der Waals surface area contributed by atoms with Crippen LogP contribution < -0.4 is 5.32 Å². The highest BCUT2D eigenvalue weighted by Crippen LogP contribution is 2.01. The molecule has 1 heterocycles. The first-order valence-corrected chi connectivity index (χ1v) is 7.33. The van der Waals surface area contributed by atoms with Crippen LogP contribution >= 0.6 is 0 Å². The first-order chi connectivity index (χ1) is 9.28. The molecule has 0 aliphatic heterocycles. The van der Waals surface area contributed by atoms with E-state index in [0.29, 0.717) is 5.69 Å². The Morgan fingerprint density at radius 3 is 2.65 bits per heavy atom. The van der Waals surface area contributed by atoms with E-state index >= 15 is 0 Å². The van der Waals surface area contributed by atoms with Gasteiger partial charge in [-0.25, -0.2) is 9.78 Å². The van der Waals surface area contributed by atoms with Gasteiger partial charge in [0.25, 0.3) is 10.1 Å². The fraction of sp³-hybridized carbons (Fsp3) is 0.500. The Labute approximate surface area is 115 Å². The van der Waals surface area contributed by atoms with E-state index in [0.717, 1.165) is 0 Å². The number of aliphatic carboxylic acids is 1. The summed E-state index contributed by atoms with van der Waals surface area (Å²) in [6.45, 7) is 0. The summed E-state index contributed by atoms with van der Waals surface area (Å²) < 4.78 is 29.5. The molecular weight excluding hydrogens is 290 g/mol. The number of amides is 1. The monoisotopic (exact) mass is 305 g/mol. The van der Waals surface area contributed by atoms with Crippen LogP contribution in [0.4, 0.5) is 0 Å². The standard InChI is InChI=1S/C10H15N3O6S/c14-9(2-1-3-20(17,18)19)13-8(10(15)16)4-7-5-11-6-12-7/h5-6,8H,1-4H2,(H,11,12)(H,13,14)(H,15,16)(H,17,18,19). The van der Waals surface area contributed by atoms with Crippen LogP contribution in [-0.4, -0.2) is 51.7 Å². The second kappa shape index (κ2) is 7.01. The Balaban J connectivity index is 2.45. The summed E-state index contributed by atoms with van der Waals surface area (Å²) in [5.41, 5.74) is 0.552. The van der Waals surface area contributed by atoms with Gasteiger partial charge >= 0.3 is 5.97 Å². The van der Waals surface area contributed by atoms with E-state index in [2.05, 4.69) is 15.3 Å². The molecule has 20 heavy (non-hydrogen) atoms. The molecule has 1 atom stereocenters. The second-order valence-corrected chi connectivity index (χ2v) is 5.70. The maximum Gasteiger partial charge on any atom is 0.326 e. The average Bonchev–Trinajstić information content (AvgIpc) is 2.79. The van der Waals surface area contributed by atoms with Gasteiger partial charge in [-0.2, -0.15) is 8.42 Å². The molecule has 4 N–H and O–H groups in total. The number of carboxylic acid groups (broad SMARTS) is 1. The largest absolute Gasteiger partial charge is 0.480 e. The van der Waals surface area contributed by atoms with Crippen LogP contribution in [0.3, 0.4) is 0 Å². The molecule has 0 fully saturated rings. The molecule has 0 spiro atoms. The van der Waals surface area contributed by atoms with Gasteiger partial charge in [0, 0.05) is 24.7 Å².